The zero-order valence-electron chi connectivity index (χ0n) is 9.59. The van der Waals surface area contributed by atoms with Crippen LogP contribution in [0.2, 0.25) is 0 Å². The molecule has 3 amide bonds. The molecule has 0 aliphatic carbocycles. The number of rotatable bonds is 3. The molecular formula is C11H18N2O2. The van der Waals surface area contributed by atoms with Crippen LogP contribution < -0.4 is 5.32 Å². The molecule has 15 heavy (non-hydrogen) atoms. The van der Waals surface area contributed by atoms with Crippen LogP contribution in [0.25, 0.3) is 0 Å². The Balaban J connectivity index is 2.39. The molecule has 0 atom stereocenters. The number of β-lactam (4-membered cyclic amide) rings is 1. The molecule has 1 fully saturated rings. The second-order valence-corrected chi connectivity index (χ2v) is 3.96. The highest BCUT2D eigenvalue weighted by molar-refractivity contribution is 6.10. The SMILES string of the molecule is CCCCNC(=O)N1CC(=C(C)C)C1=O. The molecule has 84 valence electrons. The van der Waals surface area contributed by atoms with Crippen molar-refractivity contribution in [1.29, 1.82) is 0 Å². The lowest BCUT2D eigenvalue weighted by atomic mass is 10.0. The van der Waals surface area contributed by atoms with E-state index in [1.54, 1.807) is 0 Å². The predicted octanol–water partition coefficient (Wildman–Crippen LogP) is 1.67. The Labute approximate surface area is 90.3 Å². The van der Waals surface area contributed by atoms with Gasteiger partial charge in [-0.05, 0) is 20.3 Å². The van der Waals surface area contributed by atoms with E-state index in [1.165, 1.54) is 4.90 Å². The normalized spacial score (nSPS) is 15.0. The molecule has 0 unspecified atom stereocenters. The highest BCUT2D eigenvalue weighted by Gasteiger charge is 2.35. The zero-order chi connectivity index (χ0) is 11.4. The van der Waals surface area contributed by atoms with E-state index in [1.807, 2.05) is 13.8 Å². The summed E-state index contributed by atoms with van der Waals surface area (Å²) in [4.78, 5) is 24.2. The maximum absolute atomic E-state index is 11.5. The van der Waals surface area contributed by atoms with Gasteiger partial charge in [0.2, 0.25) is 0 Å². The molecule has 1 aliphatic heterocycles. The van der Waals surface area contributed by atoms with Crippen molar-refractivity contribution in [2.24, 2.45) is 0 Å². The molecule has 1 heterocycles. The first-order valence-corrected chi connectivity index (χ1v) is 5.34. The van der Waals surface area contributed by atoms with Gasteiger partial charge in [-0.1, -0.05) is 18.9 Å². The van der Waals surface area contributed by atoms with E-state index in [2.05, 4.69) is 12.2 Å². The Morgan fingerprint density at radius 2 is 2.13 bits per heavy atom. The molecule has 1 aliphatic rings. The van der Waals surface area contributed by atoms with Crippen LogP contribution in [-0.2, 0) is 4.79 Å². The summed E-state index contributed by atoms with van der Waals surface area (Å²) in [5.74, 6) is -0.149. The molecular weight excluding hydrogens is 192 g/mol. The van der Waals surface area contributed by atoms with Crippen LogP contribution >= 0.6 is 0 Å². The zero-order valence-corrected chi connectivity index (χ0v) is 9.59. The van der Waals surface area contributed by atoms with Crippen molar-refractivity contribution in [2.75, 3.05) is 13.1 Å². The quantitative estimate of drug-likeness (QED) is 0.437. The van der Waals surface area contributed by atoms with Gasteiger partial charge in [0.05, 0.1) is 6.54 Å². The number of allylic oxidation sites excluding steroid dienone is 1. The Bertz CT molecular complexity index is 304. The molecule has 1 saturated heterocycles. The third-order valence-electron chi connectivity index (χ3n) is 2.47. The second kappa shape index (κ2) is 4.96. The molecule has 0 saturated carbocycles. The molecule has 0 aromatic heterocycles. The van der Waals surface area contributed by atoms with Gasteiger partial charge >= 0.3 is 6.03 Å². The van der Waals surface area contributed by atoms with Gasteiger partial charge in [-0.3, -0.25) is 9.69 Å². The number of hydrogen-bond acceptors (Lipinski definition) is 2. The van der Waals surface area contributed by atoms with E-state index in [0.29, 0.717) is 13.1 Å². The van der Waals surface area contributed by atoms with Gasteiger partial charge in [0.25, 0.3) is 5.91 Å². The summed E-state index contributed by atoms with van der Waals surface area (Å²) in [5.41, 5.74) is 1.76. The lowest BCUT2D eigenvalue weighted by Gasteiger charge is -2.32. The van der Waals surface area contributed by atoms with E-state index >= 15 is 0 Å². The van der Waals surface area contributed by atoms with Crippen LogP contribution in [0.15, 0.2) is 11.1 Å². The molecule has 0 aromatic rings. The highest BCUT2D eigenvalue weighted by Crippen LogP contribution is 2.19. The summed E-state index contributed by atoms with van der Waals surface area (Å²) in [6, 6.07) is -0.265. The van der Waals surface area contributed by atoms with Crippen molar-refractivity contribution in [3.63, 3.8) is 0 Å². The smallest absolute Gasteiger partial charge is 0.324 e. The van der Waals surface area contributed by atoms with Crippen LogP contribution in [-0.4, -0.2) is 29.9 Å². The number of carbonyl (C=O) groups is 2. The van der Waals surface area contributed by atoms with Gasteiger partial charge in [-0.25, -0.2) is 4.79 Å². The molecule has 0 bridgehead atoms. The molecule has 4 nitrogen and oxygen atoms in total. The molecule has 0 radical (unpaired) electrons. The highest BCUT2D eigenvalue weighted by atomic mass is 16.2. The summed E-state index contributed by atoms with van der Waals surface area (Å²) < 4.78 is 0. The minimum atomic E-state index is -0.265. The monoisotopic (exact) mass is 210 g/mol. The number of nitrogens with zero attached hydrogens (tertiary/aromatic N) is 1. The summed E-state index contributed by atoms with van der Waals surface area (Å²) in [6.45, 7) is 6.93. The summed E-state index contributed by atoms with van der Waals surface area (Å²) in [6.07, 6.45) is 1.98. The summed E-state index contributed by atoms with van der Waals surface area (Å²) >= 11 is 0. The number of amides is 3. The van der Waals surface area contributed by atoms with Crippen molar-refractivity contribution in [3.05, 3.63) is 11.1 Å². The van der Waals surface area contributed by atoms with E-state index in [0.717, 1.165) is 24.0 Å². The third-order valence-corrected chi connectivity index (χ3v) is 2.47. The average molecular weight is 210 g/mol. The Hall–Kier alpha value is -1.32. The maximum Gasteiger partial charge on any atom is 0.324 e. The topological polar surface area (TPSA) is 49.4 Å². The molecule has 0 aromatic carbocycles. The van der Waals surface area contributed by atoms with Crippen LogP contribution in [0, 0.1) is 0 Å². The van der Waals surface area contributed by atoms with Crippen LogP contribution in [0.3, 0.4) is 0 Å². The summed E-state index contributed by atoms with van der Waals surface area (Å²) in [5, 5.41) is 2.72. The van der Waals surface area contributed by atoms with Crippen LogP contribution in [0.5, 0.6) is 0 Å². The van der Waals surface area contributed by atoms with Crippen molar-refractivity contribution in [1.82, 2.24) is 10.2 Å². The van der Waals surface area contributed by atoms with E-state index in [9.17, 15) is 9.59 Å². The van der Waals surface area contributed by atoms with E-state index in [4.69, 9.17) is 0 Å². The van der Waals surface area contributed by atoms with Gasteiger partial charge in [0.15, 0.2) is 0 Å². The van der Waals surface area contributed by atoms with Gasteiger partial charge in [-0.15, -0.1) is 0 Å². The molecule has 0 spiro atoms. The average Bonchev–Trinajstić information content (AvgIpc) is 2.15. The molecule has 1 N–H and O–H groups in total. The number of hydrogen-bond donors (Lipinski definition) is 1. The standard InChI is InChI=1S/C11H18N2O2/c1-4-5-6-12-11(15)13-7-9(8(2)3)10(13)14/h4-7H2,1-3H3,(H,12,15). The number of carbonyl (C=O) groups excluding carboxylic acids is 2. The van der Waals surface area contributed by atoms with Crippen LogP contribution in [0.4, 0.5) is 4.79 Å². The molecule has 4 heteroatoms. The Kier molecular flexibility index (Phi) is 3.88. The van der Waals surface area contributed by atoms with Crippen molar-refractivity contribution in [3.8, 4) is 0 Å². The third kappa shape index (κ3) is 2.58. The fourth-order valence-electron chi connectivity index (χ4n) is 1.37. The van der Waals surface area contributed by atoms with Crippen LogP contribution in [0.1, 0.15) is 33.6 Å². The fraction of sp³-hybridized carbons (Fsp3) is 0.636. The first-order chi connectivity index (χ1) is 7.07. The predicted molar refractivity (Wildman–Crippen MR) is 58.4 cm³/mol. The van der Waals surface area contributed by atoms with Gasteiger partial charge in [0, 0.05) is 12.1 Å². The van der Waals surface area contributed by atoms with Crippen molar-refractivity contribution < 1.29 is 9.59 Å². The van der Waals surface area contributed by atoms with E-state index in [-0.39, 0.29) is 11.9 Å². The van der Waals surface area contributed by atoms with E-state index < -0.39 is 0 Å². The van der Waals surface area contributed by atoms with Crippen molar-refractivity contribution >= 4 is 11.9 Å². The lowest BCUT2D eigenvalue weighted by Crippen LogP contribution is -2.54. The Morgan fingerprint density at radius 3 is 2.60 bits per heavy atom. The number of unbranched alkanes of at least 4 members (excludes halogenated alkanes) is 1. The number of likely N-dealkylation sites (tertiary alicyclic amines) is 1. The summed E-state index contributed by atoms with van der Waals surface area (Å²) in [7, 11) is 0. The maximum atomic E-state index is 11.5. The largest absolute Gasteiger partial charge is 0.338 e. The number of urea groups is 1. The lowest BCUT2D eigenvalue weighted by molar-refractivity contribution is -0.129. The first-order valence-electron chi connectivity index (χ1n) is 5.34. The minimum absolute atomic E-state index is 0.149. The van der Waals surface area contributed by atoms with Gasteiger partial charge in [0.1, 0.15) is 0 Å². The number of nitrogens with one attached hydrogen (secondary N) is 1. The minimum Gasteiger partial charge on any atom is -0.338 e. The van der Waals surface area contributed by atoms with Gasteiger partial charge < -0.3 is 5.32 Å². The molecule has 1 rings (SSSR count). The van der Waals surface area contributed by atoms with Crippen molar-refractivity contribution in [2.45, 2.75) is 33.6 Å². The fourth-order valence-corrected chi connectivity index (χ4v) is 1.37. The Morgan fingerprint density at radius 1 is 1.47 bits per heavy atom. The first kappa shape index (κ1) is 11.8. The second-order valence-electron chi connectivity index (χ2n) is 3.96. The number of imide groups is 1. The van der Waals surface area contributed by atoms with Gasteiger partial charge in [-0.2, -0.15) is 0 Å².